The molecule has 140 valence electrons. The zero-order valence-electron chi connectivity index (χ0n) is 13.9. The monoisotopic (exact) mass is 390 g/mol. The van der Waals surface area contributed by atoms with Crippen molar-refractivity contribution >= 4 is 15.9 Å². The van der Waals surface area contributed by atoms with Crippen molar-refractivity contribution in [1.29, 1.82) is 0 Å². The van der Waals surface area contributed by atoms with E-state index in [1.54, 1.807) is 12.1 Å². The smallest absolute Gasteiger partial charge is 0.253 e. The van der Waals surface area contributed by atoms with Crippen molar-refractivity contribution < 1.29 is 17.6 Å². The van der Waals surface area contributed by atoms with Crippen LogP contribution in [0.3, 0.4) is 0 Å². The minimum atomic E-state index is -3.74. The summed E-state index contributed by atoms with van der Waals surface area (Å²) in [6, 6.07) is 9.74. The Hall–Kier alpha value is -3.18. The molecule has 1 heterocycles. The van der Waals surface area contributed by atoms with Crippen LogP contribution in [-0.2, 0) is 16.4 Å². The Labute approximate surface area is 154 Å². The minimum absolute atomic E-state index is 0.0210. The van der Waals surface area contributed by atoms with Crippen LogP contribution in [0.15, 0.2) is 53.7 Å². The van der Waals surface area contributed by atoms with Crippen molar-refractivity contribution in [3.63, 3.8) is 0 Å². The van der Waals surface area contributed by atoms with Crippen LogP contribution in [-0.4, -0.2) is 41.1 Å². The van der Waals surface area contributed by atoms with Gasteiger partial charge < -0.3 is 5.32 Å². The highest BCUT2D eigenvalue weighted by Crippen LogP contribution is 2.15. The Morgan fingerprint density at radius 2 is 1.93 bits per heavy atom. The SMILES string of the molecule is NS(=O)(=O)c1ccc(CCNC(=O)c2ccc(F)cc2-n2cnnn2)cc1. The lowest BCUT2D eigenvalue weighted by Gasteiger charge is -2.10. The average molecular weight is 390 g/mol. The molecule has 0 unspecified atom stereocenters. The molecule has 1 aromatic heterocycles. The number of aromatic nitrogens is 4. The Bertz CT molecular complexity index is 1050. The van der Waals surface area contributed by atoms with Crippen LogP contribution in [0.1, 0.15) is 15.9 Å². The zero-order valence-corrected chi connectivity index (χ0v) is 14.7. The van der Waals surface area contributed by atoms with Crippen LogP contribution >= 0.6 is 0 Å². The van der Waals surface area contributed by atoms with Crippen molar-refractivity contribution in [2.75, 3.05) is 6.54 Å². The van der Waals surface area contributed by atoms with Crippen molar-refractivity contribution in [3.8, 4) is 5.69 Å². The molecule has 3 rings (SSSR count). The number of carbonyl (C=O) groups is 1. The molecule has 0 atom stereocenters. The number of nitrogens with two attached hydrogens (primary N) is 1. The number of rotatable bonds is 6. The first-order valence-electron chi connectivity index (χ1n) is 7.77. The summed E-state index contributed by atoms with van der Waals surface area (Å²) < 4.78 is 37.2. The summed E-state index contributed by atoms with van der Waals surface area (Å²) in [5, 5.41) is 18.4. The quantitative estimate of drug-likeness (QED) is 0.627. The van der Waals surface area contributed by atoms with Crippen molar-refractivity contribution in [2.45, 2.75) is 11.3 Å². The minimum Gasteiger partial charge on any atom is -0.352 e. The summed E-state index contributed by atoms with van der Waals surface area (Å²) in [5.41, 5.74) is 1.26. The van der Waals surface area contributed by atoms with E-state index in [0.29, 0.717) is 13.0 Å². The van der Waals surface area contributed by atoms with E-state index in [4.69, 9.17) is 5.14 Å². The zero-order chi connectivity index (χ0) is 19.4. The summed E-state index contributed by atoms with van der Waals surface area (Å²) in [6.07, 6.45) is 1.73. The summed E-state index contributed by atoms with van der Waals surface area (Å²) in [7, 11) is -3.74. The van der Waals surface area contributed by atoms with Crippen molar-refractivity contribution in [1.82, 2.24) is 25.5 Å². The summed E-state index contributed by atoms with van der Waals surface area (Å²) >= 11 is 0. The topological polar surface area (TPSA) is 133 Å². The van der Waals surface area contributed by atoms with Crippen LogP contribution in [0, 0.1) is 5.82 Å². The van der Waals surface area contributed by atoms with Crippen LogP contribution in [0.4, 0.5) is 4.39 Å². The molecule has 0 bridgehead atoms. The van der Waals surface area contributed by atoms with Gasteiger partial charge in [-0.15, -0.1) is 5.10 Å². The van der Waals surface area contributed by atoms with Gasteiger partial charge in [0.1, 0.15) is 12.1 Å². The summed E-state index contributed by atoms with van der Waals surface area (Å²) in [6.45, 7) is 0.292. The van der Waals surface area contributed by atoms with E-state index >= 15 is 0 Å². The lowest BCUT2D eigenvalue weighted by atomic mass is 10.1. The first-order valence-corrected chi connectivity index (χ1v) is 9.32. The van der Waals surface area contributed by atoms with E-state index in [0.717, 1.165) is 11.6 Å². The van der Waals surface area contributed by atoms with Gasteiger partial charge in [-0.05, 0) is 46.7 Å². The number of hydrogen-bond donors (Lipinski definition) is 2. The Morgan fingerprint density at radius 1 is 1.19 bits per heavy atom. The first-order chi connectivity index (χ1) is 12.8. The number of nitrogens with one attached hydrogen (secondary N) is 1. The van der Waals surface area contributed by atoms with Gasteiger partial charge in [0.15, 0.2) is 0 Å². The van der Waals surface area contributed by atoms with Crippen LogP contribution in [0.5, 0.6) is 0 Å². The molecule has 0 saturated carbocycles. The second-order valence-electron chi connectivity index (χ2n) is 5.61. The number of nitrogens with zero attached hydrogens (tertiary/aromatic N) is 4. The highest BCUT2D eigenvalue weighted by molar-refractivity contribution is 7.89. The molecule has 11 heteroatoms. The van der Waals surface area contributed by atoms with E-state index in [9.17, 15) is 17.6 Å². The number of hydrogen-bond acceptors (Lipinski definition) is 6. The number of sulfonamides is 1. The van der Waals surface area contributed by atoms with E-state index in [-0.39, 0.29) is 16.1 Å². The standard InChI is InChI=1S/C16H15FN6O3S/c17-12-3-6-14(15(9-12)23-10-20-21-22-23)16(24)19-8-7-11-1-4-13(5-2-11)27(18,25)26/h1-6,9-10H,7-8H2,(H,19,24)(H2,18,25,26). The van der Waals surface area contributed by atoms with Gasteiger partial charge in [-0.25, -0.2) is 17.9 Å². The fourth-order valence-electron chi connectivity index (χ4n) is 2.42. The van der Waals surface area contributed by atoms with Gasteiger partial charge in [-0.3, -0.25) is 4.79 Å². The van der Waals surface area contributed by atoms with Gasteiger partial charge in [-0.1, -0.05) is 12.1 Å². The van der Waals surface area contributed by atoms with Gasteiger partial charge in [0.2, 0.25) is 10.0 Å². The molecule has 3 N–H and O–H groups in total. The fraction of sp³-hybridized carbons (Fsp3) is 0.125. The molecule has 0 fully saturated rings. The molecule has 0 saturated heterocycles. The number of benzene rings is 2. The summed E-state index contributed by atoms with van der Waals surface area (Å²) in [4.78, 5) is 12.5. The van der Waals surface area contributed by atoms with E-state index in [2.05, 4.69) is 20.8 Å². The second kappa shape index (κ2) is 7.60. The van der Waals surface area contributed by atoms with Gasteiger partial charge in [0.25, 0.3) is 5.91 Å². The Balaban J connectivity index is 1.67. The predicted octanol–water partition coefficient (Wildman–Crippen LogP) is 0.421. The molecule has 0 aliphatic heterocycles. The van der Waals surface area contributed by atoms with E-state index in [1.807, 2.05) is 0 Å². The normalized spacial score (nSPS) is 11.3. The predicted molar refractivity (Wildman–Crippen MR) is 93.0 cm³/mol. The van der Waals surface area contributed by atoms with E-state index < -0.39 is 21.7 Å². The molecule has 1 amide bonds. The molecule has 9 nitrogen and oxygen atoms in total. The molecule has 0 radical (unpaired) electrons. The molecule has 27 heavy (non-hydrogen) atoms. The molecule has 2 aromatic carbocycles. The molecular formula is C16H15FN6O3S. The maximum absolute atomic E-state index is 13.5. The molecule has 3 aromatic rings. The van der Waals surface area contributed by atoms with Gasteiger partial charge in [0.05, 0.1) is 16.1 Å². The van der Waals surface area contributed by atoms with Crippen molar-refractivity contribution in [3.05, 3.63) is 65.7 Å². The maximum atomic E-state index is 13.5. The fourth-order valence-corrected chi connectivity index (χ4v) is 2.93. The van der Waals surface area contributed by atoms with E-state index in [1.165, 1.54) is 35.3 Å². The van der Waals surface area contributed by atoms with Crippen LogP contribution < -0.4 is 10.5 Å². The third-order valence-corrected chi connectivity index (χ3v) is 4.68. The molecular weight excluding hydrogens is 375 g/mol. The number of carbonyl (C=O) groups excluding carboxylic acids is 1. The number of halogens is 1. The lowest BCUT2D eigenvalue weighted by molar-refractivity contribution is 0.0954. The maximum Gasteiger partial charge on any atom is 0.253 e. The number of tetrazole rings is 1. The average Bonchev–Trinajstić information content (AvgIpc) is 3.16. The van der Waals surface area contributed by atoms with Crippen LogP contribution in [0.2, 0.25) is 0 Å². The third kappa shape index (κ3) is 4.51. The third-order valence-electron chi connectivity index (χ3n) is 3.75. The summed E-state index contributed by atoms with van der Waals surface area (Å²) in [5.74, 6) is -0.936. The molecule has 0 aliphatic carbocycles. The highest BCUT2D eigenvalue weighted by Gasteiger charge is 2.15. The number of amides is 1. The molecule has 0 aliphatic rings. The Morgan fingerprint density at radius 3 is 2.56 bits per heavy atom. The largest absolute Gasteiger partial charge is 0.352 e. The van der Waals surface area contributed by atoms with Gasteiger partial charge in [0, 0.05) is 12.6 Å². The number of primary sulfonamides is 1. The van der Waals surface area contributed by atoms with Gasteiger partial charge in [-0.2, -0.15) is 4.68 Å². The highest BCUT2D eigenvalue weighted by atomic mass is 32.2. The lowest BCUT2D eigenvalue weighted by Crippen LogP contribution is -2.27. The van der Waals surface area contributed by atoms with Crippen molar-refractivity contribution in [2.24, 2.45) is 5.14 Å². The molecule has 0 spiro atoms. The van der Waals surface area contributed by atoms with Crippen LogP contribution in [0.25, 0.3) is 5.69 Å². The second-order valence-corrected chi connectivity index (χ2v) is 7.17. The Kier molecular flexibility index (Phi) is 5.23. The first kappa shape index (κ1) is 18.6. The van der Waals surface area contributed by atoms with Gasteiger partial charge >= 0.3 is 0 Å².